The largest absolute Gasteiger partial charge is 0.406 e. The minimum absolute atomic E-state index is 0.0511. The molecule has 1 heterocycles. The number of amides is 1. The Kier molecular flexibility index (Phi) is 6.65. The van der Waals surface area contributed by atoms with Gasteiger partial charge in [0.1, 0.15) is 6.54 Å². The van der Waals surface area contributed by atoms with Crippen molar-refractivity contribution in [3.05, 3.63) is 11.7 Å². The van der Waals surface area contributed by atoms with Crippen LogP contribution in [0.2, 0.25) is 0 Å². The van der Waals surface area contributed by atoms with Crippen LogP contribution in [0.4, 0.5) is 13.2 Å². The van der Waals surface area contributed by atoms with Gasteiger partial charge in [0.2, 0.25) is 11.8 Å². The van der Waals surface area contributed by atoms with E-state index in [2.05, 4.69) is 15.5 Å². The lowest BCUT2D eigenvalue weighted by Crippen LogP contribution is -2.51. The fourth-order valence-corrected chi connectivity index (χ4v) is 3.40. The van der Waals surface area contributed by atoms with E-state index in [-0.39, 0.29) is 19.0 Å². The summed E-state index contributed by atoms with van der Waals surface area (Å²) < 4.78 is 43.5. The number of alkyl halides is 3. The van der Waals surface area contributed by atoms with Gasteiger partial charge in [-0.05, 0) is 18.8 Å². The first-order valence-corrected chi connectivity index (χ1v) is 9.02. The Morgan fingerprint density at radius 3 is 2.46 bits per heavy atom. The molecule has 1 aliphatic carbocycles. The van der Waals surface area contributed by atoms with Gasteiger partial charge < -0.3 is 9.42 Å². The van der Waals surface area contributed by atoms with Crippen molar-refractivity contribution in [3.63, 3.8) is 0 Å². The predicted octanol–water partition coefficient (Wildman–Crippen LogP) is 3.17. The number of carbonyl (C=O) groups excluding carboxylic acids is 1. The Balaban J connectivity index is 2.09. The number of halogens is 3. The first-order valence-electron chi connectivity index (χ1n) is 9.02. The van der Waals surface area contributed by atoms with Gasteiger partial charge in [-0.1, -0.05) is 38.3 Å². The maximum absolute atomic E-state index is 12.8. The Hall–Kier alpha value is -1.64. The van der Waals surface area contributed by atoms with E-state index in [1.807, 2.05) is 0 Å². The maximum Gasteiger partial charge on any atom is 0.406 e. The van der Waals surface area contributed by atoms with E-state index in [1.54, 1.807) is 20.8 Å². The molecule has 0 bridgehead atoms. The van der Waals surface area contributed by atoms with Crippen LogP contribution in [0.1, 0.15) is 57.7 Å². The van der Waals surface area contributed by atoms with Crippen LogP contribution in [0.5, 0.6) is 0 Å². The molecule has 1 aliphatic rings. The molecule has 148 valence electrons. The molecule has 0 spiro atoms. The molecule has 0 aromatic carbocycles. The lowest BCUT2D eigenvalue weighted by atomic mass is 9.81. The van der Waals surface area contributed by atoms with Crippen molar-refractivity contribution in [1.82, 2.24) is 20.4 Å². The van der Waals surface area contributed by atoms with E-state index in [1.165, 1.54) is 0 Å². The number of aromatic nitrogens is 2. The van der Waals surface area contributed by atoms with Gasteiger partial charge in [0.05, 0.1) is 12.1 Å². The van der Waals surface area contributed by atoms with Crippen molar-refractivity contribution in [2.45, 2.75) is 64.6 Å². The highest BCUT2D eigenvalue weighted by Gasteiger charge is 2.39. The summed E-state index contributed by atoms with van der Waals surface area (Å²) in [5.41, 5.74) is -0.618. The minimum atomic E-state index is -4.42. The third-order valence-electron chi connectivity index (χ3n) is 4.55. The van der Waals surface area contributed by atoms with Crippen molar-refractivity contribution in [2.75, 3.05) is 19.6 Å². The molecule has 1 N–H and O–H groups in total. The Morgan fingerprint density at radius 1 is 1.31 bits per heavy atom. The van der Waals surface area contributed by atoms with Gasteiger partial charge in [-0.2, -0.15) is 18.2 Å². The van der Waals surface area contributed by atoms with Crippen LogP contribution in [0.15, 0.2) is 4.52 Å². The zero-order valence-electron chi connectivity index (χ0n) is 15.5. The fraction of sp³-hybridized carbons (Fsp3) is 0.824. The normalized spacial score (nSPS) is 17.5. The molecule has 1 fully saturated rings. The number of hydrogen-bond donors (Lipinski definition) is 1. The molecule has 0 saturated heterocycles. The molecule has 6 nitrogen and oxygen atoms in total. The number of hydrogen-bond acceptors (Lipinski definition) is 5. The molecule has 1 aromatic rings. The molecular formula is C17H27F3N4O2. The highest BCUT2D eigenvalue weighted by atomic mass is 19.4. The van der Waals surface area contributed by atoms with Crippen LogP contribution in [0.25, 0.3) is 0 Å². The van der Waals surface area contributed by atoms with Crippen LogP contribution < -0.4 is 5.32 Å². The number of nitrogens with zero attached hydrogens (tertiary/aromatic N) is 3. The lowest BCUT2D eigenvalue weighted by Gasteiger charge is -2.36. The topological polar surface area (TPSA) is 71.3 Å². The highest BCUT2D eigenvalue weighted by molar-refractivity contribution is 5.78. The maximum atomic E-state index is 12.8. The van der Waals surface area contributed by atoms with Gasteiger partial charge in [-0.25, -0.2) is 0 Å². The third-order valence-corrected chi connectivity index (χ3v) is 4.55. The van der Waals surface area contributed by atoms with Crippen molar-refractivity contribution < 1.29 is 22.5 Å². The molecule has 26 heavy (non-hydrogen) atoms. The van der Waals surface area contributed by atoms with Crippen molar-refractivity contribution in [2.24, 2.45) is 5.92 Å². The summed E-state index contributed by atoms with van der Waals surface area (Å²) in [4.78, 5) is 17.6. The van der Waals surface area contributed by atoms with Gasteiger partial charge in [0, 0.05) is 13.5 Å². The van der Waals surface area contributed by atoms with Crippen molar-refractivity contribution >= 4 is 5.91 Å². The van der Waals surface area contributed by atoms with Gasteiger partial charge in [-0.3, -0.25) is 10.1 Å². The second-order valence-electron chi connectivity index (χ2n) is 7.42. The first kappa shape index (κ1) is 20.7. The number of aryl methyl sites for hydroxylation is 1. The molecular weight excluding hydrogens is 349 g/mol. The first-order chi connectivity index (χ1) is 12.1. The van der Waals surface area contributed by atoms with E-state index in [4.69, 9.17) is 4.52 Å². The summed E-state index contributed by atoms with van der Waals surface area (Å²) in [7, 11) is 0. The summed E-state index contributed by atoms with van der Waals surface area (Å²) in [5, 5.41) is 7.15. The van der Waals surface area contributed by atoms with E-state index in [0.717, 1.165) is 37.0 Å². The summed E-state index contributed by atoms with van der Waals surface area (Å²) >= 11 is 0. The fourth-order valence-electron chi connectivity index (χ4n) is 3.40. The average molecular weight is 376 g/mol. The monoisotopic (exact) mass is 376 g/mol. The molecule has 0 unspecified atom stereocenters. The Morgan fingerprint density at radius 2 is 1.96 bits per heavy atom. The quantitative estimate of drug-likeness (QED) is 0.791. The van der Waals surface area contributed by atoms with Crippen LogP contribution in [0, 0.1) is 12.8 Å². The van der Waals surface area contributed by atoms with Crippen LogP contribution in [0.3, 0.4) is 0 Å². The van der Waals surface area contributed by atoms with Gasteiger partial charge in [0.25, 0.3) is 0 Å². The molecule has 1 amide bonds. The molecule has 1 saturated carbocycles. The van der Waals surface area contributed by atoms with Gasteiger partial charge in [-0.15, -0.1) is 0 Å². The Bertz CT molecular complexity index is 595. The number of rotatable bonds is 7. The second-order valence-corrected chi connectivity index (χ2v) is 7.42. The summed E-state index contributed by atoms with van der Waals surface area (Å²) in [6.45, 7) is 3.90. The smallest absolute Gasteiger partial charge is 0.340 e. The molecule has 0 atom stereocenters. The lowest BCUT2D eigenvalue weighted by molar-refractivity contribution is -0.161. The number of nitrogens with one attached hydrogen (secondary N) is 1. The van der Waals surface area contributed by atoms with E-state index in [0.29, 0.717) is 11.7 Å². The van der Waals surface area contributed by atoms with Crippen molar-refractivity contribution in [3.8, 4) is 0 Å². The van der Waals surface area contributed by atoms with Crippen LogP contribution in [-0.4, -0.2) is 46.8 Å². The molecule has 1 aromatic heterocycles. The second kappa shape index (κ2) is 8.37. The van der Waals surface area contributed by atoms with Gasteiger partial charge >= 0.3 is 6.18 Å². The highest BCUT2D eigenvalue weighted by Crippen LogP contribution is 2.35. The SMILES string of the molecule is Cc1nc(C2(NCC(=O)N(CC(C)C)CC(F)(F)F)CCCCC2)no1. The van der Waals surface area contributed by atoms with Crippen LogP contribution in [-0.2, 0) is 10.3 Å². The van der Waals surface area contributed by atoms with Gasteiger partial charge in [0.15, 0.2) is 5.82 Å². The predicted molar refractivity (Wildman–Crippen MR) is 89.3 cm³/mol. The molecule has 9 heteroatoms. The van der Waals surface area contributed by atoms with E-state index >= 15 is 0 Å². The average Bonchev–Trinajstić information content (AvgIpc) is 2.98. The summed E-state index contributed by atoms with van der Waals surface area (Å²) in [6, 6.07) is 0. The third kappa shape index (κ3) is 5.69. The zero-order chi connectivity index (χ0) is 19.4. The van der Waals surface area contributed by atoms with E-state index < -0.39 is 24.2 Å². The van der Waals surface area contributed by atoms with Crippen molar-refractivity contribution in [1.29, 1.82) is 0 Å². The summed E-state index contributed by atoms with van der Waals surface area (Å²) in [5.74, 6) is 0.288. The number of carbonyl (C=O) groups is 1. The zero-order valence-corrected chi connectivity index (χ0v) is 15.5. The molecule has 0 aliphatic heterocycles. The molecule has 2 rings (SSSR count). The summed E-state index contributed by atoms with van der Waals surface area (Å²) in [6.07, 6.45) is -0.0227. The minimum Gasteiger partial charge on any atom is -0.340 e. The Labute approximate surface area is 151 Å². The van der Waals surface area contributed by atoms with Crippen LogP contribution >= 0.6 is 0 Å². The molecule has 0 radical (unpaired) electrons. The van der Waals surface area contributed by atoms with E-state index in [9.17, 15) is 18.0 Å². The standard InChI is InChI=1S/C17H27F3N4O2/c1-12(2)10-24(11-17(18,19)20)14(25)9-21-16(7-5-4-6-8-16)15-22-13(3)26-23-15/h12,21H,4-11H2,1-3H3.